The van der Waals surface area contributed by atoms with E-state index in [1.165, 1.54) is 4.90 Å². The van der Waals surface area contributed by atoms with Crippen molar-refractivity contribution in [1.29, 1.82) is 0 Å². The van der Waals surface area contributed by atoms with Crippen LogP contribution in [-0.2, 0) is 6.54 Å². The Hall–Kier alpha value is -2.60. The monoisotopic (exact) mass is 398 g/mol. The molecule has 0 atom stereocenters. The molecule has 1 aromatic heterocycles. The van der Waals surface area contributed by atoms with Gasteiger partial charge in [0.05, 0.1) is 32.4 Å². The zero-order valence-corrected chi connectivity index (χ0v) is 17.6. The summed E-state index contributed by atoms with van der Waals surface area (Å²) < 4.78 is 18.6. The Balaban J connectivity index is 2.19. The van der Waals surface area contributed by atoms with E-state index in [1.807, 2.05) is 30.0 Å². The smallest absolute Gasteiger partial charge is 0.203 e. The topological polar surface area (TPSA) is 45.5 Å². The molecule has 0 saturated carbocycles. The minimum Gasteiger partial charge on any atom is -0.493 e. The third kappa shape index (κ3) is 3.83. The van der Waals surface area contributed by atoms with E-state index in [4.69, 9.17) is 19.2 Å². The number of ether oxygens (including phenoxy) is 3. The number of thioether (sulfide) groups is 1. The number of imidazole rings is 1. The molecule has 0 aliphatic heterocycles. The van der Waals surface area contributed by atoms with Gasteiger partial charge in [0, 0.05) is 17.0 Å². The molecule has 0 aliphatic carbocycles. The molecule has 0 N–H and O–H groups in total. The van der Waals surface area contributed by atoms with Crippen LogP contribution in [0.4, 0.5) is 0 Å². The van der Waals surface area contributed by atoms with Crippen molar-refractivity contribution in [1.82, 2.24) is 9.55 Å². The van der Waals surface area contributed by atoms with Crippen LogP contribution in [0.3, 0.4) is 0 Å². The normalized spacial score (nSPS) is 10.9. The number of hydrogen-bond donors (Lipinski definition) is 0. The van der Waals surface area contributed by atoms with E-state index >= 15 is 0 Å². The van der Waals surface area contributed by atoms with Gasteiger partial charge in [0.2, 0.25) is 5.75 Å². The maximum Gasteiger partial charge on any atom is 0.203 e. The fraction of sp³-hybridized carbons (Fsp3) is 0.318. The Morgan fingerprint density at radius 1 is 1.07 bits per heavy atom. The second-order valence-electron chi connectivity index (χ2n) is 6.25. The van der Waals surface area contributed by atoms with E-state index in [2.05, 4.69) is 36.3 Å². The van der Waals surface area contributed by atoms with E-state index in [9.17, 15) is 0 Å². The first-order chi connectivity index (χ1) is 13.7. The number of hydrogen-bond acceptors (Lipinski definition) is 5. The van der Waals surface area contributed by atoms with Gasteiger partial charge < -0.3 is 18.8 Å². The first-order valence-corrected chi connectivity index (χ1v) is 10.2. The largest absolute Gasteiger partial charge is 0.493 e. The lowest BCUT2D eigenvalue weighted by molar-refractivity contribution is 0.324. The highest BCUT2D eigenvalue weighted by Gasteiger charge is 2.18. The molecule has 3 rings (SSSR count). The maximum absolute atomic E-state index is 5.51. The molecular formula is C22H26N2O3S. The summed E-state index contributed by atoms with van der Waals surface area (Å²) in [5.41, 5.74) is 2.94. The highest BCUT2D eigenvalue weighted by atomic mass is 32.2. The molecule has 0 radical (unpaired) electrons. The van der Waals surface area contributed by atoms with Crippen LogP contribution < -0.4 is 14.2 Å². The summed E-state index contributed by atoms with van der Waals surface area (Å²) in [5.74, 6) is 3.72. The van der Waals surface area contributed by atoms with Crippen molar-refractivity contribution in [2.75, 3.05) is 27.1 Å². The average Bonchev–Trinajstić information content (AvgIpc) is 3.09. The van der Waals surface area contributed by atoms with Crippen LogP contribution in [0.5, 0.6) is 17.2 Å². The van der Waals surface area contributed by atoms with E-state index in [1.54, 1.807) is 21.3 Å². The molecule has 0 spiro atoms. The van der Waals surface area contributed by atoms with Gasteiger partial charge in [0.1, 0.15) is 5.82 Å². The summed E-state index contributed by atoms with van der Waals surface area (Å²) in [6.07, 6.45) is 3.03. The Labute approximate surface area is 170 Å². The molecule has 1 heterocycles. The van der Waals surface area contributed by atoms with Crippen molar-refractivity contribution in [3.8, 4) is 28.6 Å². The van der Waals surface area contributed by atoms with E-state index < -0.39 is 0 Å². The van der Waals surface area contributed by atoms with Gasteiger partial charge in [-0.3, -0.25) is 0 Å². The summed E-state index contributed by atoms with van der Waals surface area (Å²) in [5, 5.41) is 0. The molecular weight excluding hydrogens is 372 g/mol. The van der Waals surface area contributed by atoms with Gasteiger partial charge in [-0.2, -0.15) is 0 Å². The van der Waals surface area contributed by atoms with Crippen LogP contribution in [0, 0.1) is 0 Å². The summed E-state index contributed by atoms with van der Waals surface area (Å²) in [4.78, 5) is 6.13. The first-order valence-electron chi connectivity index (χ1n) is 9.21. The number of fused-ring (bicyclic) bond motifs is 1. The van der Waals surface area contributed by atoms with Gasteiger partial charge in [0.15, 0.2) is 11.5 Å². The molecule has 148 valence electrons. The van der Waals surface area contributed by atoms with Crippen LogP contribution in [-0.4, -0.2) is 36.6 Å². The van der Waals surface area contributed by atoms with Crippen LogP contribution in [0.15, 0.2) is 47.9 Å². The molecule has 0 amide bonds. The summed E-state index contributed by atoms with van der Waals surface area (Å²) in [7, 11) is 4.83. The summed E-state index contributed by atoms with van der Waals surface area (Å²) in [6, 6.07) is 10.3. The summed E-state index contributed by atoms with van der Waals surface area (Å²) >= 11 is 1.86. The number of benzene rings is 2. The van der Waals surface area contributed by atoms with Crippen molar-refractivity contribution in [2.24, 2.45) is 0 Å². The van der Waals surface area contributed by atoms with Gasteiger partial charge in [-0.1, -0.05) is 13.0 Å². The second kappa shape index (κ2) is 9.06. The van der Waals surface area contributed by atoms with Crippen LogP contribution >= 0.6 is 11.8 Å². The second-order valence-corrected chi connectivity index (χ2v) is 7.42. The van der Waals surface area contributed by atoms with Crippen molar-refractivity contribution >= 4 is 22.8 Å². The first kappa shape index (κ1) is 20.1. The Morgan fingerprint density at radius 3 is 2.36 bits per heavy atom. The van der Waals surface area contributed by atoms with Gasteiger partial charge >= 0.3 is 0 Å². The highest BCUT2D eigenvalue weighted by molar-refractivity contribution is 7.99. The van der Waals surface area contributed by atoms with E-state index in [0.29, 0.717) is 23.8 Å². The Kier molecular flexibility index (Phi) is 6.52. The zero-order valence-electron chi connectivity index (χ0n) is 16.8. The van der Waals surface area contributed by atoms with Gasteiger partial charge in [-0.25, -0.2) is 4.98 Å². The van der Waals surface area contributed by atoms with Crippen molar-refractivity contribution in [2.45, 2.75) is 24.8 Å². The minimum absolute atomic E-state index is 0.568. The fourth-order valence-electron chi connectivity index (χ4n) is 3.16. The molecule has 5 nitrogen and oxygen atoms in total. The van der Waals surface area contributed by atoms with Crippen LogP contribution in [0.25, 0.3) is 22.4 Å². The lowest BCUT2D eigenvalue weighted by Crippen LogP contribution is -2.00. The lowest BCUT2D eigenvalue weighted by Gasteiger charge is -2.14. The van der Waals surface area contributed by atoms with Crippen molar-refractivity contribution in [3.05, 3.63) is 43.0 Å². The molecule has 0 saturated heterocycles. The molecule has 0 aliphatic rings. The van der Waals surface area contributed by atoms with Crippen molar-refractivity contribution in [3.63, 3.8) is 0 Å². The molecule has 3 aromatic rings. The number of aromatic nitrogens is 2. The molecule has 0 unspecified atom stereocenters. The highest BCUT2D eigenvalue weighted by Crippen LogP contribution is 2.41. The van der Waals surface area contributed by atoms with Crippen molar-refractivity contribution < 1.29 is 14.2 Å². The zero-order chi connectivity index (χ0) is 20.1. The lowest BCUT2D eigenvalue weighted by atomic mass is 10.1. The quantitative estimate of drug-likeness (QED) is 0.356. The number of allylic oxidation sites excluding steroid dienone is 1. The number of nitrogens with zero attached hydrogens (tertiary/aromatic N) is 2. The van der Waals surface area contributed by atoms with Crippen LogP contribution in [0.2, 0.25) is 0 Å². The summed E-state index contributed by atoms with van der Waals surface area (Å²) in [6.45, 7) is 6.77. The van der Waals surface area contributed by atoms with Gasteiger partial charge in [0.25, 0.3) is 0 Å². The number of methoxy groups -OCH3 is 3. The predicted molar refractivity (Wildman–Crippen MR) is 116 cm³/mol. The van der Waals surface area contributed by atoms with Crippen LogP contribution in [0.1, 0.15) is 13.3 Å². The third-order valence-electron chi connectivity index (χ3n) is 4.43. The predicted octanol–water partition coefficient (Wildman–Crippen LogP) is 5.42. The SMILES string of the molecule is C=CCn1c(-c2cc(OC)c(OC)c(OC)c2)nc2ccc(SCCC)cc21. The van der Waals surface area contributed by atoms with E-state index in [0.717, 1.165) is 34.6 Å². The van der Waals surface area contributed by atoms with E-state index in [-0.39, 0.29) is 0 Å². The average molecular weight is 399 g/mol. The fourth-order valence-corrected chi connectivity index (χ4v) is 3.96. The molecule has 28 heavy (non-hydrogen) atoms. The molecule has 0 bridgehead atoms. The Bertz CT molecular complexity index is 956. The maximum atomic E-state index is 5.51. The number of rotatable bonds is 9. The molecule has 0 fully saturated rings. The standard InChI is InChI=1S/C22H26N2O3S/c1-6-10-24-18-14-16(28-11-7-2)8-9-17(18)23-22(24)15-12-19(25-3)21(27-5)20(13-15)26-4/h6,8-9,12-14H,1,7,10-11H2,2-5H3. The third-order valence-corrected chi connectivity index (χ3v) is 5.63. The van der Waals surface area contributed by atoms with Gasteiger partial charge in [-0.15, -0.1) is 18.3 Å². The molecule has 2 aromatic carbocycles. The minimum atomic E-state index is 0.568. The van der Waals surface area contributed by atoms with Gasteiger partial charge in [-0.05, 0) is 42.5 Å². The Morgan fingerprint density at radius 2 is 1.79 bits per heavy atom. The molecule has 6 heteroatoms.